The molecule has 11 heavy (non-hydrogen) atoms. The average Bonchev–Trinajstić information content (AvgIpc) is 1.99. The maximum Gasteiger partial charge on any atom is 0.515 e. The number of carbonyl (C=O) groups is 2. The Hall–Kier alpha value is -1.06. The summed E-state index contributed by atoms with van der Waals surface area (Å²) in [6.07, 6.45) is 1.96. The van der Waals surface area contributed by atoms with E-state index in [0.717, 1.165) is 19.3 Å². The molecule has 0 unspecified atom stereocenters. The Morgan fingerprint density at radius 2 is 2.18 bits per heavy atom. The lowest BCUT2D eigenvalue weighted by Gasteiger charge is -1.99. The second-order valence-electron chi connectivity index (χ2n) is 2.02. The van der Waals surface area contributed by atoms with Crippen LogP contribution in [0.1, 0.15) is 26.2 Å². The van der Waals surface area contributed by atoms with Gasteiger partial charge in [-0.15, -0.1) is 0 Å². The van der Waals surface area contributed by atoms with Gasteiger partial charge in [0.15, 0.2) is 0 Å². The zero-order chi connectivity index (χ0) is 8.53. The number of unbranched alkanes of at least 4 members (excludes halogenated alkanes) is 2. The minimum absolute atomic E-state index is 0.0577. The van der Waals surface area contributed by atoms with Crippen LogP contribution >= 0.6 is 0 Å². The summed E-state index contributed by atoms with van der Waals surface area (Å²) in [6, 6.07) is 0. The second-order valence-corrected chi connectivity index (χ2v) is 2.02. The molecule has 0 aromatic heterocycles. The van der Waals surface area contributed by atoms with Gasteiger partial charge in [-0.05, 0) is 6.42 Å². The molecule has 0 saturated carbocycles. The van der Waals surface area contributed by atoms with Gasteiger partial charge < -0.3 is 9.47 Å². The van der Waals surface area contributed by atoms with Crippen molar-refractivity contribution >= 4 is 12.6 Å². The molecule has 0 aromatic carbocycles. The van der Waals surface area contributed by atoms with Crippen LogP contribution in [0.4, 0.5) is 4.79 Å². The van der Waals surface area contributed by atoms with E-state index in [9.17, 15) is 9.59 Å². The molecule has 0 aliphatic rings. The van der Waals surface area contributed by atoms with E-state index in [1.807, 2.05) is 6.92 Å². The van der Waals surface area contributed by atoms with Crippen LogP contribution in [-0.2, 0) is 14.3 Å². The van der Waals surface area contributed by atoms with Crippen molar-refractivity contribution < 1.29 is 19.1 Å². The van der Waals surface area contributed by atoms with E-state index in [1.54, 1.807) is 0 Å². The zero-order valence-electron chi connectivity index (χ0n) is 6.54. The van der Waals surface area contributed by atoms with Crippen LogP contribution in [0.3, 0.4) is 0 Å². The summed E-state index contributed by atoms with van der Waals surface area (Å²) in [5, 5.41) is 0. The Morgan fingerprint density at radius 1 is 1.45 bits per heavy atom. The summed E-state index contributed by atoms with van der Waals surface area (Å²) in [5.74, 6) is 0. The van der Waals surface area contributed by atoms with Crippen molar-refractivity contribution in [1.29, 1.82) is 0 Å². The third kappa shape index (κ3) is 6.83. The lowest BCUT2D eigenvalue weighted by molar-refractivity contribution is -0.125. The predicted octanol–water partition coefficient (Wildman–Crippen LogP) is 1.49. The topological polar surface area (TPSA) is 52.6 Å². The van der Waals surface area contributed by atoms with Gasteiger partial charge in [-0.2, -0.15) is 0 Å². The number of ether oxygens (including phenoxy) is 2. The van der Waals surface area contributed by atoms with Gasteiger partial charge in [0, 0.05) is 0 Å². The fourth-order valence-corrected chi connectivity index (χ4v) is 0.581. The van der Waals surface area contributed by atoms with E-state index in [0.29, 0.717) is 6.61 Å². The average molecular weight is 160 g/mol. The molecular formula is C7H12O4. The van der Waals surface area contributed by atoms with Gasteiger partial charge in [-0.25, -0.2) is 4.79 Å². The van der Waals surface area contributed by atoms with Gasteiger partial charge in [-0.3, -0.25) is 4.79 Å². The van der Waals surface area contributed by atoms with E-state index in [1.165, 1.54) is 0 Å². The van der Waals surface area contributed by atoms with Crippen molar-refractivity contribution in [1.82, 2.24) is 0 Å². The molecule has 0 aromatic rings. The lowest BCUT2D eigenvalue weighted by atomic mass is 10.3. The molecule has 0 aliphatic heterocycles. The highest BCUT2D eigenvalue weighted by atomic mass is 16.7. The maximum absolute atomic E-state index is 10.3. The number of hydrogen-bond acceptors (Lipinski definition) is 4. The van der Waals surface area contributed by atoms with E-state index in [2.05, 4.69) is 9.47 Å². The molecule has 0 rings (SSSR count). The molecule has 0 spiro atoms. The van der Waals surface area contributed by atoms with Crippen molar-refractivity contribution in [2.75, 3.05) is 6.61 Å². The molecule has 4 heteroatoms. The molecule has 0 saturated heterocycles. The van der Waals surface area contributed by atoms with Crippen LogP contribution in [0, 0.1) is 0 Å². The van der Waals surface area contributed by atoms with Gasteiger partial charge in [0.05, 0.1) is 6.61 Å². The molecule has 0 atom stereocenters. The molecule has 0 fully saturated rings. The van der Waals surface area contributed by atoms with Gasteiger partial charge in [0.2, 0.25) is 0 Å². The lowest BCUT2D eigenvalue weighted by Crippen LogP contribution is -2.06. The Kier molecular flexibility index (Phi) is 6.37. The highest BCUT2D eigenvalue weighted by Crippen LogP contribution is 1.94. The first-order valence-corrected chi connectivity index (χ1v) is 3.58. The highest BCUT2D eigenvalue weighted by Gasteiger charge is 2.00. The van der Waals surface area contributed by atoms with E-state index in [-0.39, 0.29) is 6.47 Å². The van der Waals surface area contributed by atoms with Gasteiger partial charge >= 0.3 is 12.6 Å². The predicted molar refractivity (Wildman–Crippen MR) is 38.0 cm³/mol. The molecule has 0 heterocycles. The minimum atomic E-state index is -0.920. The third-order valence-electron chi connectivity index (χ3n) is 1.11. The summed E-state index contributed by atoms with van der Waals surface area (Å²) >= 11 is 0. The quantitative estimate of drug-likeness (QED) is 0.264. The Bertz CT molecular complexity index is 122. The van der Waals surface area contributed by atoms with E-state index < -0.39 is 6.16 Å². The number of carbonyl (C=O) groups excluding carboxylic acids is 2. The monoisotopic (exact) mass is 160 g/mol. The Labute approximate surface area is 65.5 Å². The molecule has 0 aliphatic carbocycles. The van der Waals surface area contributed by atoms with E-state index in [4.69, 9.17) is 0 Å². The first-order valence-electron chi connectivity index (χ1n) is 3.58. The fourth-order valence-electron chi connectivity index (χ4n) is 0.581. The maximum atomic E-state index is 10.3. The van der Waals surface area contributed by atoms with Crippen LogP contribution in [0.15, 0.2) is 0 Å². The first kappa shape index (κ1) is 9.94. The largest absolute Gasteiger partial charge is 0.515 e. The molecule has 0 N–H and O–H groups in total. The Morgan fingerprint density at radius 3 is 2.73 bits per heavy atom. The summed E-state index contributed by atoms with van der Waals surface area (Å²) in [6.45, 7) is 2.42. The fraction of sp³-hybridized carbons (Fsp3) is 0.714. The smallest absolute Gasteiger partial charge is 0.434 e. The molecule has 0 amide bonds. The highest BCUT2D eigenvalue weighted by molar-refractivity contribution is 5.69. The van der Waals surface area contributed by atoms with Crippen molar-refractivity contribution in [2.45, 2.75) is 26.2 Å². The zero-order valence-corrected chi connectivity index (χ0v) is 6.54. The van der Waals surface area contributed by atoms with Crippen molar-refractivity contribution in [3.63, 3.8) is 0 Å². The number of hydrogen-bond donors (Lipinski definition) is 0. The second kappa shape index (κ2) is 7.05. The van der Waals surface area contributed by atoms with Crippen molar-refractivity contribution in [2.24, 2.45) is 0 Å². The summed E-state index contributed by atoms with van der Waals surface area (Å²) < 4.78 is 8.37. The van der Waals surface area contributed by atoms with Crippen LogP contribution in [-0.4, -0.2) is 19.2 Å². The molecule has 0 bridgehead atoms. The summed E-state index contributed by atoms with van der Waals surface area (Å²) in [4.78, 5) is 19.9. The molecule has 0 radical (unpaired) electrons. The van der Waals surface area contributed by atoms with Crippen LogP contribution < -0.4 is 0 Å². The number of rotatable bonds is 5. The molecule has 4 nitrogen and oxygen atoms in total. The van der Waals surface area contributed by atoms with E-state index >= 15 is 0 Å². The summed E-state index contributed by atoms with van der Waals surface area (Å²) in [5.41, 5.74) is 0. The SMILES string of the molecule is CCCCCOC(=O)OC=O. The van der Waals surface area contributed by atoms with Crippen LogP contribution in [0.5, 0.6) is 0 Å². The first-order chi connectivity index (χ1) is 5.31. The minimum Gasteiger partial charge on any atom is -0.434 e. The standard InChI is InChI=1S/C7H12O4/c1-2-3-4-5-10-7(9)11-6-8/h6H,2-5H2,1H3. The Balaban J connectivity index is 3.10. The summed E-state index contributed by atoms with van der Waals surface area (Å²) in [7, 11) is 0. The van der Waals surface area contributed by atoms with Crippen LogP contribution in [0.2, 0.25) is 0 Å². The normalized spacial score (nSPS) is 8.82. The molecule has 64 valence electrons. The van der Waals surface area contributed by atoms with Crippen molar-refractivity contribution in [3.8, 4) is 0 Å². The van der Waals surface area contributed by atoms with Gasteiger partial charge in [0.25, 0.3) is 0 Å². The van der Waals surface area contributed by atoms with Crippen LogP contribution in [0.25, 0.3) is 0 Å². The van der Waals surface area contributed by atoms with Crippen molar-refractivity contribution in [3.05, 3.63) is 0 Å². The third-order valence-corrected chi connectivity index (χ3v) is 1.11. The van der Waals surface area contributed by atoms with Gasteiger partial charge in [-0.1, -0.05) is 19.8 Å². The molecular weight excluding hydrogens is 148 g/mol. The van der Waals surface area contributed by atoms with Gasteiger partial charge in [0.1, 0.15) is 0 Å².